The number of halogens is 1. The van der Waals surface area contributed by atoms with Gasteiger partial charge in [0.15, 0.2) is 29.2 Å². The topological polar surface area (TPSA) is 149 Å². The van der Waals surface area contributed by atoms with Gasteiger partial charge >= 0.3 is 12.0 Å². The fourth-order valence-electron chi connectivity index (χ4n) is 4.55. The fraction of sp³-hybridized carbons (Fsp3) is 0.303. The Hall–Kier alpha value is -4.50. The van der Waals surface area contributed by atoms with Crippen molar-refractivity contribution in [2.45, 2.75) is 39.6 Å². The van der Waals surface area contributed by atoms with Crippen LogP contribution in [0.25, 0.3) is 0 Å². The lowest BCUT2D eigenvalue weighted by Gasteiger charge is -2.28. The van der Waals surface area contributed by atoms with Gasteiger partial charge in [-0.1, -0.05) is 18.2 Å². The van der Waals surface area contributed by atoms with Crippen molar-refractivity contribution in [3.05, 3.63) is 92.2 Å². The van der Waals surface area contributed by atoms with Gasteiger partial charge in [0.05, 0.1) is 38.2 Å². The summed E-state index contributed by atoms with van der Waals surface area (Å²) in [7, 11) is 1.28. The van der Waals surface area contributed by atoms with Crippen LogP contribution in [0.3, 0.4) is 0 Å². The maximum atomic E-state index is 12.5. The Bertz CT molecular complexity index is 1580. The van der Waals surface area contributed by atoms with Crippen LogP contribution in [0.4, 0.5) is 4.79 Å². The molecule has 3 aromatic carbocycles. The van der Waals surface area contributed by atoms with Crippen molar-refractivity contribution in [1.29, 1.82) is 0 Å². The summed E-state index contributed by atoms with van der Waals surface area (Å²) in [6.45, 7) is 6.40. The molecule has 0 aromatic heterocycles. The molecule has 244 valence electrons. The number of urea groups is 1. The van der Waals surface area contributed by atoms with Crippen LogP contribution < -0.4 is 35.0 Å². The van der Waals surface area contributed by atoms with Gasteiger partial charge in [0.25, 0.3) is 0 Å². The second kappa shape index (κ2) is 16.7. The van der Waals surface area contributed by atoms with Crippen molar-refractivity contribution in [3.8, 4) is 23.0 Å². The van der Waals surface area contributed by atoms with Crippen molar-refractivity contribution in [2.24, 2.45) is 5.10 Å². The highest BCUT2D eigenvalue weighted by molar-refractivity contribution is 14.1. The average Bonchev–Trinajstić information content (AvgIpc) is 3.04. The standard InChI is InChI=1S/C33H37IN4O8/c1-5-43-27-15-22(9-13-25(27)45-18-21-7-11-24(34)12-8-21)17-35-38-29(39)19-46-26-14-10-23(16-28(26)44-6-2)31-30(32(40)42-4)20(3)36-33(41)37-31/h7-17,29,31,38-39H,5-6,18-19H2,1-4H3,(H2,36,37,41)/b35-17-/t29-,31+/m1/s1. The Kier molecular flexibility index (Phi) is 12.5. The normalized spacial score (nSPS) is 15.1. The molecule has 1 aliphatic rings. The second-order valence-electron chi connectivity index (χ2n) is 9.97. The Balaban J connectivity index is 1.37. The largest absolute Gasteiger partial charge is 0.490 e. The van der Waals surface area contributed by atoms with Gasteiger partial charge in [0, 0.05) is 9.27 Å². The SMILES string of the molecule is CCOc1cc(/C=N\N[C@H](O)COc2ccc([C@@H]3NC(=O)NC(C)=C3C(=O)OC)cc2OCC)ccc1OCc1ccc(I)cc1. The monoisotopic (exact) mass is 744 g/mol. The average molecular weight is 745 g/mol. The van der Waals surface area contributed by atoms with Crippen LogP contribution in [0.5, 0.6) is 23.0 Å². The molecule has 4 rings (SSSR count). The lowest BCUT2D eigenvalue weighted by molar-refractivity contribution is -0.136. The van der Waals surface area contributed by atoms with E-state index in [4.69, 9.17) is 23.7 Å². The first-order valence-corrected chi connectivity index (χ1v) is 15.7. The van der Waals surface area contributed by atoms with E-state index in [2.05, 4.69) is 43.8 Å². The zero-order valence-electron chi connectivity index (χ0n) is 26.0. The number of carbonyl (C=O) groups excluding carboxylic acids is 2. The first kappa shape index (κ1) is 34.4. The van der Waals surface area contributed by atoms with E-state index >= 15 is 0 Å². The summed E-state index contributed by atoms with van der Waals surface area (Å²) in [6.07, 6.45) is 0.407. The number of amides is 2. The number of hydrogen-bond acceptors (Lipinski definition) is 10. The van der Waals surface area contributed by atoms with Crippen molar-refractivity contribution < 1.29 is 38.4 Å². The lowest BCUT2D eigenvalue weighted by Crippen LogP contribution is -2.45. The first-order chi connectivity index (χ1) is 22.2. The molecule has 0 aliphatic carbocycles. The van der Waals surface area contributed by atoms with Gasteiger partial charge in [-0.05, 0) is 103 Å². The van der Waals surface area contributed by atoms with Crippen molar-refractivity contribution in [1.82, 2.24) is 16.1 Å². The number of ether oxygens (including phenoxy) is 5. The molecule has 0 saturated heterocycles. The van der Waals surface area contributed by atoms with Crippen molar-refractivity contribution in [2.75, 3.05) is 26.9 Å². The maximum Gasteiger partial charge on any atom is 0.337 e. The molecule has 2 amide bonds. The predicted octanol–water partition coefficient (Wildman–Crippen LogP) is 4.79. The van der Waals surface area contributed by atoms with Gasteiger partial charge in [-0.15, -0.1) is 0 Å². The molecule has 0 spiro atoms. The number of aliphatic hydroxyl groups excluding tert-OH is 1. The van der Waals surface area contributed by atoms with Crippen molar-refractivity contribution in [3.63, 3.8) is 0 Å². The van der Waals surface area contributed by atoms with Gasteiger partial charge < -0.3 is 39.4 Å². The van der Waals surface area contributed by atoms with Crippen LogP contribution in [0.15, 0.2) is 77.0 Å². The second-order valence-corrected chi connectivity index (χ2v) is 11.2. The molecule has 1 heterocycles. The minimum absolute atomic E-state index is 0.150. The molecule has 0 fully saturated rings. The van der Waals surface area contributed by atoms with E-state index in [-0.39, 0.29) is 12.2 Å². The number of hydrogen-bond donors (Lipinski definition) is 4. The molecule has 0 unspecified atom stereocenters. The minimum atomic E-state index is -1.14. The smallest absolute Gasteiger partial charge is 0.337 e. The van der Waals surface area contributed by atoms with E-state index in [1.54, 1.807) is 31.3 Å². The third-order valence-corrected chi connectivity index (χ3v) is 7.40. The third kappa shape index (κ3) is 9.26. The molecule has 12 nitrogen and oxygen atoms in total. The molecule has 0 radical (unpaired) electrons. The molecule has 2 atom stereocenters. The maximum absolute atomic E-state index is 12.5. The van der Waals surface area contributed by atoms with E-state index < -0.39 is 24.3 Å². The van der Waals surface area contributed by atoms with Gasteiger partial charge in [-0.25, -0.2) is 9.59 Å². The fourth-order valence-corrected chi connectivity index (χ4v) is 4.91. The summed E-state index contributed by atoms with van der Waals surface area (Å²) in [5.74, 6) is 1.36. The highest BCUT2D eigenvalue weighted by Crippen LogP contribution is 2.35. The highest BCUT2D eigenvalue weighted by atomic mass is 127. The summed E-state index contributed by atoms with van der Waals surface area (Å²) >= 11 is 2.26. The Morgan fingerprint density at radius 1 is 0.978 bits per heavy atom. The van der Waals surface area contributed by atoms with E-state index in [0.29, 0.717) is 54.1 Å². The zero-order chi connectivity index (χ0) is 33.1. The number of allylic oxidation sites excluding steroid dienone is 1. The van der Waals surface area contributed by atoms with Gasteiger partial charge in [0.1, 0.15) is 13.2 Å². The van der Waals surface area contributed by atoms with Gasteiger partial charge in [-0.3, -0.25) is 5.43 Å². The quantitative estimate of drug-likeness (QED) is 0.0567. The number of nitrogens with one attached hydrogen (secondary N) is 3. The van der Waals surface area contributed by atoms with Crippen LogP contribution in [0.2, 0.25) is 0 Å². The van der Waals surface area contributed by atoms with Gasteiger partial charge in [-0.2, -0.15) is 5.10 Å². The van der Waals surface area contributed by atoms with Crippen LogP contribution in [-0.4, -0.2) is 56.5 Å². The minimum Gasteiger partial charge on any atom is -0.490 e. The van der Waals surface area contributed by atoms with Crippen LogP contribution in [-0.2, 0) is 16.1 Å². The molecule has 3 aromatic rings. The number of hydrazone groups is 1. The Morgan fingerprint density at radius 3 is 2.35 bits per heavy atom. The van der Waals surface area contributed by atoms with Gasteiger partial charge in [0.2, 0.25) is 0 Å². The molecule has 0 saturated carbocycles. The summed E-state index contributed by atoms with van der Waals surface area (Å²) < 4.78 is 29.4. The van der Waals surface area contributed by atoms with Crippen LogP contribution in [0.1, 0.15) is 43.5 Å². The molecule has 4 N–H and O–H groups in total. The van der Waals surface area contributed by atoms with Crippen LogP contribution in [0, 0.1) is 3.57 Å². The number of benzene rings is 3. The predicted molar refractivity (Wildman–Crippen MR) is 180 cm³/mol. The number of nitrogens with zero attached hydrogens (tertiary/aromatic N) is 1. The van der Waals surface area contributed by atoms with E-state index in [9.17, 15) is 14.7 Å². The number of rotatable bonds is 15. The first-order valence-electron chi connectivity index (χ1n) is 14.6. The van der Waals surface area contributed by atoms with E-state index in [1.807, 2.05) is 56.3 Å². The molecule has 13 heteroatoms. The Labute approximate surface area is 281 Å². The summed E-state index contributed by atoms with van der Waals surface area (Å²) in [5.41, 5.74) is 5.68. The van der Waals surface area contributed by atoms with E-state index in [1.165, 1.54) is 7.11 Å². The highest BCUT2D eigenvalue weighted by Gasteiger charge is 2.32. The molecule has 46 heavy (non-hydrogen) atoms. The summed E-state index contributed by atoms with van der Waals surface area (Å²) in [6, 6.07) is 17.4. The number of aliphatic hydroxyl groups is 1. The van der Waals surface area contributed by atoms with Crippen molar-refractivity contribution >= 4 is 40.8 Å². The Morgan fingerprint density at radius 2 is 1.65 bits per heavy atom. The van der Waals surface area contributed by atoms with E-state index in [0.717, 1.165) is 14.7 Å². The lowest BCUT2D eigenvalue weighted by atomic mass is 9.95. The molecular formula is C33H37IN4O8. The summed E-state index contributed by atoms with van der Waals surface area (Å²) in [4.78, 5) is 24.6. The summed E-state index contributed by atoms with van der Waals surface area (Å²) in [5, 5.41) is 20.0. The molecular weight excluding hydrogens is 707 g/mol. The number of esters is 1. The number of carbonyl (C=O) groups is 2. The third-order valence-electron chi connectivity index (χ3n) is 6.68. The number of methoxy groups -OCH3 is 1. The van der Waals surface area contributed by atoms with Crippen LogP contribution >= 0.6 is 22.6 Å². The molecule has 0 bridgehead atoms. The zero-order valence-corrected chi connectivity index (χ0v) is 28.1. The molecule has 1 aliphatic heterocycles.